The Kier molecular flexibility index (Phi) is 8.48. The summed E-state index contributed by atoms with van der Waals surface area (Å²) in [6, 6.07) is 4.52. The number of amides is 1. The molecule has 6 rings (SSSR count). The van der Waals surface area contributed by atoms with Crippen molar-refractivity contribution in [1.82, 2.24) is 20.1 Å². The summed E-state index contributed by atoms with van der Waals surface area (Å²) >= 11 is 6.56. The van der Waals surface area contributed by atoms with Crippen LogP contribution < -0.4 is 10.1 Å². The molecule has 2 fully saturated rings. The van der Waals surface area contributed by atoms with Gasteiger partial charge in [-0.25, -0.2) is 9.37 Å². The number of ether oxygens (including phenoxy) is 1. The van der Waals surface area contributed by atoms with E-state index >= 15 is 0 Å². The van der Waals surface area contributed by atoms with Gasteiger partial charge in [0.25, 0.3) is 0 Å². The maximum atomic E-state index is 14.8. The number of carbonyl (C=O) groups excluding carboxylic acids is 1. The topological polar surface area (TPSA) is 70.1 Å². The van der Waals surface area contributed by atoms with Crippen LogP contribution in [0.2, 0.25) is 0 Å². The Bertz CT molecular complexity index is 1370. The number of likely N-dealkylation sites (tertiary alicyclic amines) is 1. The first kappa shape index (κ1) is 29.4. The van der Waals surface area contributed by atoms with E-state index in [1.54, 1.807) is 24.5 Å². The van der Waals surface area contributed by atoms with Crippen molar-refractivity contribution < 1.29 is 27.1 Å². The summed E-state index contributed by atoms with van der Waals surface area (Å²) < 4.78 is 59.6. The molecule has 0 bridgehead atoms. The van der Waals surface area contributed by atoms with Crippen molar-refractivity contribution in [1.29, 1.82) is 0 Å². The van der Waals surface area contributed by atoms with Gasteiger partial charge in [0.05, 0.1) is 30.3 Å². The Balaban J connectivity index is 0.920. The molecule has 0 radical (unpaired) electrons. The molecular formula is C29H32ClF4N5O2S. The van der Waals surface area contributed by atoms with Crippen LogP contribution in [0.5, 0.6) is 5.75 Å². The van der Waals surface area contributed by atoms with Crippen molar-refractivity contribution in [3.8, 4) is 5.75 Å². The number of thiazole rings is 1. The average molecular weight is 626 g/mol. The predicted octanol–water partition coefficient (Wildman–Crippen LogP) is 5.58. The number of piperidine rings is 1. The first-order valence-corrected chi connectivity index (χ1v) is 15.5. The molecule has 1 aromatic heterocycles. The van der Waals surface area contributed by atoms with Gasteiger partial charge in [-0.1, -0.05) is 17.7 Å². The predicted molar refractivity (Wildman–Crippen MR) is 152 cm³/mol. The number of aliphatic imine (C=N–C) groups is 1. The van der Waals surface area contributed by atoms with Gasteiger partial charge < -0.3 is 15.0 Å². The number of alkyl halides is 3. The SMILES string of the molecule is O=C(Cc1ccc(OCC[C@@H]2C[C@@H]2C2CCN(C3N=CC(Cl)=CN3)CC2)cc1F)N1CCc2sc(C(F)(F)F)nc2C1. The quantitative estimate of drug-likeness (QED) is 0.388. The lowest BCUT2D eigenvalue weighted by Crippen LogP contribution is -2.47. The van der Waals surface area contributed by atoms with Gasteiger partial charge in [-0.05, 0) is 55.1 Å². The second-order valence-corrected chi connectivity index (χ2v) is 12.9. The summed E-state index contributed by atoms with van der Waals surface area (Å²) in [6.45, 7) is 2.80. The second-order valence-electron chi connectivity index (χ2n) is 11.4. The lowest BCUT2D eigenvalue weighted by Gasteiger charge is -2.36. The van der Waals surface area contributed by atoms with Gasteiger partial charge in [-0.2, -0.15) is 13.2 Å². The van der Waals surface area contributed by atoms with Crippen LogP contribution in [0, 0.1) is 23.6 Å². The summed E-state index contributed by atoms with van der Waals surface area (Å²) in [5, 5.41) is 2.94. The highest BCUT2D eigenvalue weighted by atomic mass is 35.5. The number of rotatable bonds is 8. The lowest BCUT2D eigenvalue weighted by atomic mass is 9.90. The van der Waals surface area contributed by atoms with Crippen molar-refractivity contribution in [3.05, 3.63) is 56.4 Å². The molecule has 1 amide bonds. The van der Waals surface area contributed by atoms with Crippen molar-refractivity contribution in [3.63, 3.8) is 0 Å². The summed E-state index contributed by atoms with van der Waals surface area (Å²) in [5.41, 5.74) is 0.503. The Morgan fingerprint density at radius 2 is 2.02 bits per heavy atom. The molecule has 4 heterocycles. The largest absolute Gasteiger partial charge is 0.493 e. The molecule has 1 N–H and O–H groups in total. The summed E-state index contributed by atoms with van der Waals surface area (Å²) in [5.74, 6) is 1.61. The molecule has 2 aromatic rings. The van der Waals surface area contributed by atoms with Crippen molar-refractivity contribution in [2.45, 2.75) is 57.5 Å². The molecule has 13 heteroatoms. The lowest BCUT2D eigenvalue weighted by molar-refractivity contribution is -0.137. The van der Waals surface area contributed by atoms with Crippen LogP contribution >= 0.6 is 22.9 Å². The van der Waals surface area contributed by atoms with Gasteiger partial charge >= 0.3 is 6.18 Å². The summed E-state index contributed by atoms with van der Waals surface area (Å²) in [7, 11) is 0. The van der Waals surface area contributed by atoms with Crippen LogP contribution in [-0.2, 0) is 30.4 Å². The standard InChI is InChI=1S/C29H32ClF4N5O2S/c30-20-14-35-28(36-15-20)38-7-3-17(4-8-38)22-11-18(22)6-10-41-21-2-1-19(23(31)13-21)12-26(40)39-9-5-25-24(16-39)37-27(42-25)29(32,33)34/h1-2,13-15,17-18,22,28,35H,3-12,16H2/t18-,22-,28?/m1/s1. The fraction of sp³-hybridized carbons (Fsp3) is 0.552. The average Bonchev–Trinajstić information content (AvgIpc) is 3.60. The van der Waals surface area contributed by atoms with Gasteiger partial charge in [-0.3, -0.25) is 14.7 Å². The highest BCUT2D eigenvalue weighted by Gasteiger charge is 2.43. The normalized spacial score (nSPS) is 24.6. The number of carbonyl (C=O) groups is 1. The second kappa shape index (κ2) is 12.1. The van der Waals surface area contributed by atoms with E-state index in [2.05, 4.69) is 20.2 Å². The number of aromatic nitrogens is 1. The molecule has 1 saturated heterocycles. The van der Waals surface area contributed by atoms with E-state index in [9.17, 15) is 22.4 Å². The van der Waals surface area contributed by atoms with Crippen LogP contribution in [0.25, 0.3) is 0 Å². The van der Waals surface area contributed by atoms with Crippen molar-refractivity contribution >= 4 is 35.1 Å². The van der Waals surface area contributed by atoms with E-state index in [0.717, 1.165) is 32.4 Å². The molecule has 226 valence electrons. The molecule has 42 heavy (non-hydrogen) atoms. The van der Waals surface area contributed by atoms with Gasteiger partial charge in [0.1, 0.15) is 11.6 Å². The molecule has 1 unspecified atom stereocenters. The zero-order valence-corrected chi connectivity index (χ0v) is 24.5. The zero-order chi connectivity index (χ0) is 29.4. The third-order valence-corrected chi connectivity index (χ3v) is 10.1. The van der Waals surface area contributed by atoms with Crippen LogP contribution in [0.15, 0.2) is 34.4 Å². The molecule has 1 aromatic carbocycles. The van der Waals surface area contributed by atoms with E-state index in [4.69, 9.17) is 16.3 Å². The highest BCUT2D eigenvalue weighted by molar-refractivity contribution is 7.11. The number of nitrogens with zero attached hydrogens (tertiary/aromatic N) is 4. The van der Waals surface area contributed by atoms with Crippen LogP contribution in [-0.4, -0.2) is 59.4 Å². The van der Waals surface area contributed by atoms with Crippen LogP contribution in [0.4, 0.5) is 17.6 Å². The highest BCUT2D eigenvalue weighted by Crippen LogP contribution is 2.50. The van der Waals surface area contributed by atoms with E-state index in [0.29, 0.717) is 57.8 Å². The molecule has 1 aliphatic carbocycles. The Morgan fingerprint density at radius 3 is 2.74 bits per heavy atom. The van der Waals surface area contributed by atoms with Gasteiger partial charge in [0.2, 0.25) is 5.91 Å². The fourth-order valence-electron chi connectivity index (χ4n) is 6.25. The Labute approximate surface area is 250 Å². The van der Waals surface area contributed by atoms with Crippen LogP contribution in [0.1, 0.15) is 46.8 Å². The molecule has 3 atom stereocenters. The monoisotopic (exact) mass is 625 g/mol. The Morgan fingerprint density at radius 1 is 1.21 bits per heavy atom. The number of halogens is 5. The van der Waals surface area contributed by atoms with Gasteiger partial charge in [0.15, 0.2) is 11.3 Å². The maximum absolute atomic E-state index is 14.8. The molecule has 0 spiro atoms. The number of benzene rings is 1. The smallest absolute Gasteiger partial charge is 0.443 e. The minimum absolute atomic E-state index is 0.00400. The molecule has 3 aliphatic heterocycles. The van der Waals surface area contributed by atoms with E-state index in [1.165, 1.54) is 17.4 Å². The number of nitrogens with one attached hydrogen (secondary N) is 1. The van der Waals surface area contributed by atoms with E-state index in [1.807, 2.05) is 0 Å². The third-order valence-electron chi connectivity index (χ3n) is 8.66. The molecule has 7 nitrogen and oxygen atoms in total. The minimum atomic E-state index is -4.50. The first-order chi connectivity index (χ1) is 20.1. The fourth-order valence-corrected chi connectivity index (χ4v) is 7.29. The van der Waals surface area contributed by atoms with Crippen LogP contribution in [0.3, 0.4) is 0 Å². The number of hydrogen-bond donors (Lipinski definition) is 1. The number of fused-ring (bicyclic) bond motifs is 1. The molecule has 4 aliphatic rings. The molecule has 1 saturated carbocycles. The Hall–Kier alpha value is -2.70. The van der Waals surface area contributed by atoms with Crippen molar-refractivity contribution in [2.24, 2.45) is 22.7 Å². The maximum Gasteiger partial charge on any atom is 0.443 e. The van der Waals surface area contributed by atoms with Gasteiger partial charge in [-0.15, -0.1) is 11.3 Å². The first-order valence-electron chi connectivity index (χ1n) is 14.3. The zero-order valence-electron chi connectivity index (χ0n) is 22.9. The van der Waals surface area contributed by atoms with Crippen molar-refractivity contribution in [2.75, 3.05) is 26.2 Å². The number of allylic oxidation sites excluding steroid dienone is 1. The molecular weight excluding hydrogens is 594 g/mol. The third kappa shape index (κ3) is 6.75. The summed E-state index contributed by atoms with van der Waals surface area (Å²) in [4.78, 5) is 25.3. The number of hydrogen-bond acceptors (Lipinski definition) is 7. The van der Waals surface area contributed by atoms with E-state index in [-0.39, 0.29) is 43.0 Å². The minimum Gasteiger partial charge on any atom is -0.493 e. The summed E-state index contributed by atoms with van der Waals surface area (Å²) in [6.07, 6.45) is 3.51. The van der Waals surface area contributed by atoms with Gasteiger partial charge in [0, 0.05) is 49.4 Å². The van der Waals surface area contributed by atoms with E-state index < -0.39 is 17.0 Å².